The van der Waals surface area contributed by atoms with Crippen molar-refractivity contribution in [2.75, 3.05) is 10.2 Å². The number of hydrogen-bond donors (Lipinski definition) is 1. The van der Waals surface area contributed by atoms with Gasteiger partial charge in [0.1, 0.15) is 6.17 Å². The third-order valence-corrected chi connectivity index (χ3v) is 9.89. The van der Waals surface area contributed by atoms with Crippen molar-refractivity contribution in [2.45, 2.75) is 25.8 Å². The normalized spacial score (nSPS) is 15.8. The standard InChI is InChI=1S/C28H26N2SSi/c1-32(2,3)25-18-10-14-21-20-13-9-17-24(26(20)31-27(21)25)30-23-16-8-7-15-22(23)29-28(30)19-11-5-4-6-12-19/h4-18,28-29H,1-3H3. The number of benzene rings is 4. The maximum Gasteiger partial charge on any atom is 0.130 e. The van der Waals surface area contributed by atoms with Crippen LogP contribution >= 0.6 is 11.3 Å². The maximum atomic E-state index is 3.77. The van der Waals surface area contributed by atoms with Gasteiger partial charge in [0.05, 0.1) is 29.8 Å². The molecule has 1 unspecified atom stereocenters. The van der Waals surface area contributed by atoms with E-state index in [1.807, 2.05) is 11.3 Å². The van der Waals surface area contributed by atoms with Crippen LogP contribution in [0.2, 0.25) is 19.6 Å². The van der Waals surface area contributed by atoms with E-state index in [0.29, 0.717) is 0 Å². The topological polar surface area (TPSA) is 15.3 Å². The zero-order valence-corrected chi connectivity index (χ0v) is 20.4. The number of fused-ring (bicyclic) bond motifs is 4. The minimum atomic E-state index is -1.45. The van der Waals surface area contributed by atoms with Crippen molar-refractivity contribution in [3.8, 4) is 0 Å². The Morgan fingerprint density at radius 1 is 0.688 bits per heavy atom. The highest BCUT2D eigenvalue weighted by molar-refractivity contribution is 7.28. The summed E-state index contributed by atoms with van der Waals surface area (Å²) in [5.74, 6) is 0. The number of nitrogens with zero attached hydrogens (tertiary/aromatic N) is 1. The smallest absolute Gasteiger partial charge is 0.130 e. The van der Waals surface area contributed by atoms with E-state index in [1.54, 1.807) is 5.19 Å². The monoisotopic (exact) mass is 450 g/mol. The molecule has 0 spiro atoms. The molecule has 158 valence electrons. The third kappa shape index (κ3) is 2.98. The van der Waals surface area contributed by atoms with Gasteiger partial charge in [0.25, 0.3) is 0 Å². The Labute approximate surface area is 194 Å². The number of thiophene rings is 1. The molecule has 0 amide bonds. The molecule has 4 heteroatoms. The van der Waals surface area contributed by atoms with Gasteiger partial charge >= 0.3 is 0 Å². The van der Waals surface area contributed by atoms with Gasteiger partial charge < -0.3 is 10.2 Å². The molecule has 32 heavy (non-hydrogen) atoms. The molecule has 2 heterocycles. The van der Waals surface area contributed by atoms with Gasteiger partial charge in [-0.1, -0.05) is 92.4 Å². The van der Waals surface area contributed by atoms with Crippen molar-refractivity contribution in [2.24, 2.45) is 0 Å². The van der Waals surface area contributed by atoms with Crippen molar-refractivity contribution in [3.63, 3.8) is 0 Å². The number of anilines is 3. The van der Waals surface area contributed by atoms with Crippen molar-refractivity contribution < 1.29 is 0 Å². The molecule has 1 aliphatic heterocycles. The molecule has 0 bridgehead atoms. The average Bonchev–Trinajstić information content (AvgIpc) is 3.37. The molecule has 1 aliphatic rings. The second kappa shape index (κ2) is 7.22. The molecule has 0 saturated heterocycles. The first-order chi connectivity index (χ1) is 15.5. The Hall–Kier alpha value is -3.08. The summed E-state index contributed by atoms with van der Waals surface area (Å²) in [6.45, 7) is 7.33. The van der Waals surface area contributed by atoms with Crippen LogP contribution in [0.4, 0.5) is 17.1 Å². The lowest BCUT2D eigenvalue weighted by Gasteiger charge is -2.28. The summed E-state index contributed by atoms with van der Waals surface area (Å²) in [6.07, 6.45) is 0.0703. The quantitative estimate of drug-likeness (QED) is 0.281. The van der Waals surface area contributed by atoms with Crippen molar-refractivity contribution in [1.29, 1.82) is 0 Å². The summed E-state index contributed by atoms with van der Waals surface area (Å²) in [4.78, 5) is 2.48. The molecule has 0 saturated carbocycles. The summed E-state index contributed by atoms with van der Waals surface area (Å²) >= 11 is 1.97. The van der Waals surface area contributed by atoms with E-state index in [2.05, 4.69) is 121 Å². The van der Waals surface area contributed by atoms with Crippen LogP contribution in [0, 0.1) is 0 Å². The van der Waals surface area contributed by atoms with Crippen LogP contribution < -0.4 is 15.4 Å². The second-order valence-electron chi connectivity index (χ2n) is 9.53. The first kappa shape index (κ1) is 19.6. The number of rotatable bonds is 3. The predicted octanol–water partition coefficient (Wildman–Crippen LogP) is 7.86. The van der Waals surface area contributed by atoms with E-state index in [-0.39, 0.29) is 6.17 Å². The second-order valence-corrected chi connectivity index (χ2v) is 15.6. The van der Waals surface area contributed by atoms with E-state index >= 15 is 0 Å². The highest BCUT2D eigenvalue weighted by Gasteiger charge is 2.32. The molecule has 0 fully saturated rings. The minimum Gasteiger partial charge on any atom is -0.359 e. The summed E-state index contributed by atoms with van der Waals surface area (Å²) in [6, 6.07) is 33.1. The van der Waals surface area contributed by atoms with Crippen LogP contribution in [0.25, 0.3) is 20.2 Å². The Morgan fingerprint density at radius 3 is 2.12 bits per heavy atom. The highest BCUT2D eigenvalue weighted by Crippen LogP contribution is 2.50. The lowest BCUT2D eigenvalue weighted by Crippen LogP contribution is -2.37. The molecule has 0 aliphatic carbocycles. The predicted molar refractivity (Wildman–Crippen MR) is 144 cm³/mol. The van der Waals surface area contributed by atoms with Gasteiger partial charge in [0, 0.05) is 15.5 Å². The summed E-state index contributed by atoms with van der Waals surface area (Å²) in [5, 5.41) is 8.08. The van der Waals surface area contributed by atoms with Crippen LogP contribution in [-0.4, -0.2) is 8.07 Å². The molecule has 2 nitrogen and oxygen atoms in total. The van der Waals surface area contributed by atoms with Crippen LogP contribution in [-0.2, 0) is 0 Å². The largest absolute Gasteiger partial charge is 0.359 e. The fraction of sp³-hybridized carbons (Fsp3) is 0.143. The molecular formula is C28H26N2SSi. The SMILES string of the molecule is C[Si](C)(C)c1cccc2c1sc1c(N3c4ccccc4NC3c3ccccc3)cccc12. The molecule has 5 aromatic rings. The van der Waals surface area contributed by atoms with Gasteiger partial charge in [-0.15, -0.1) is 11.3 Å². The molecule has 1 atom stereocenters. The lowest BCUT2D eigenvalue weighted by atomic mass is 10.1. The summed E-state index contributed by atoms with van der Waals surface area (Å²) < 4.78 is 2.83. The third-order valence-electron chi connectivity index (χ3n) is 6.40. The van der Waals surface area contributed by atoms with Crippen molar-refractivity contribution >= 4 is 61.8 Å². The summed E-state index contributed by atoms with van der Waals surface area (Å²) in [5.41, 5.74) is 4.96. The van der Waals surface area contributed by atoms with Gasteiger partial charge in [0.15, 0.2) is 0 Å². The first-order valence-corrected chi connectivity index (χ1v) is 15.5. The molecule has 0 radical (unpaired) electrons. The van der Waals surface area contributed by atoms with E-state index in [1.165, 1.54) is 42.8 Å². The minimum absolute atomic E-state index is 0.0703. The molecule has 6 rings (SSSR count). The van der Waals surface area contributed by atoms with Crippen LogP contribution in [0.5, 0.6) is 0 Å². The number of para-hydroxylation sites is 2. The van der Waals surface area contributed by atoms with Gasteiger partial charge in [-0.25, -0.2) is 0 Å². The molecule has 1 N–H and O–H groups in total. The van der Waals surface area contributed by atoms with Gasteiger partial charge in [-0.3, -0.25) is 0 Å². The zero-order valence-electron chi connectivity index (χ0n) is 18.6. The van der Waals surface area contributed by atoms with E-state index < -0.39 is 8.07 Å². The molecule has 4 aromatic carbocycles. The summed E-state index contributed by atoms with van der Waals surface area (Å²) in [7, 11) is -1.45. The van der Waals surface area contributed by atoms with Crippen LogP contribution in [0.15, 0.2) is 91.0 Å². The lowest BCUT2D eigenvalue weighted by molar-refractivity contribution is 0.831. The Balaban J connectivity index is 1.63. The van der Waals surface area contributed by atoms with Crippen LogP contribution in [0.1, 0.15) is 11.7 Å². The Morgan fingerprint density at radius 2 is 1.34 bits per heavy atom. The van der Waals surface area contributed by atoms with Gasteiger partial charge in [-0.2, -0.15) is 0 Å². The Kier molecular flexibility index (Phi) is 4.42. The number of nitrogens with one attached hydrogen (secondary N) is 1. The molecule has 1 aromatic heterocycles. The maximum absolute atomic E-state index is 3.77. The van der Waals surface area contributed by atoms with Crippen LogP contribution in [0.3, 0.4) is 0 Å². The average molecular weight is 451 g/mol. The van der Waals surface area contributed by atoms with E-state index in [0.717, 1.165) is 0 Å². The van der Waals surface area contributed by atoms with Gasteiger partial charge in [-0.05, 0) is 28.9 Å². The first-order valence-electron chi connectivity index (χ1n) is 11.2. The fourth-order valence-corrected chi connectivity index (χ4v) is 8.59. The van der Waals surface area contributed by atoms with E-state index in [9.17, 15) is 0 Å². The fourth-order valence-electron chi connectivity index (χ4n) is 4.88. The number of hydrogen-bond acceptors (Lipinski definition) is 3. The molecular weight excluding hydrogens is 424 g/mol. The van der Waals surface area contributed by atoms with Crippen molar-refractivity contribution in [1.82, 2.24) is 0 Å². The highest BCUT2D eigenvalue weighted by atomic mass is 32.1. The van der Waals surface area contributed by atoms with Crippen molar-refractivity contribution in [3.05, 3.63) is 96.6 Å². The van der Waals surface area contributed by atoms with E-state index in [4.69, 9.17) is 0 Å². The Bertz CT molecular complexity index is 1450. The van der Waals surface area contributed by atoms with Gasteiger partial charge in [0.2, 0.25) is 0 Å². The zero-order chi connectivity index (χ0) is 21.9.